The monoisotopic (exact) mass is 303 g/mol. The highest BCUT2D eigenvalue weighted by Crippen LogP contribution is 2.38. The first kappa shape index (κ1) is 15.6. The molecular weight excluding hydrogens is 278 g/mol. The molecule has 0 fully saturated rings. The average Bonchev–Trinajstić information content (AvgIpc) is 2.55. The van der Waals surface area contributed by atoms with Gasteiger partial charge in [-0.1, -0.05) is 69.3 Å². The van der Waals surface area contributed by atoms with E-state index >= 15 is 0 Å². The molecule has 118 valence electrons. The highest BCUT2D eigenvalue weighted by atomic mass is 14.6. The van der Waals surface area contributed by atoms with Crippen molar-refractivity contribution in [1.29, 1.82) is 0 Å². The summed E-state index contributed by atoms with van der Waals surface area (Å²) in [5.41, 5.74) is 13.6. The minimum Gasteiger partial charge on any atom is -0.398 e. The molecule has 0 amide bonds. The molecule has 3 rings (SSSR count). The SMILES string of the molecule is CC(C)(C)c1cc(C2=CCCC=C2)c(N)c(-c2ccccc2)c1. The summed E-state index contributed by atoms with van der Waals surface area (Å²) >= 11 is 0. The molecule has 0 atom stereocenters. The summed E-state index contributed by atoms with van der Waals surface area (Å²) in [4.78, 5) is 0. The van der Waals surface area contributed by atoms with E-state index < -0.39 is 0 Å². The molecule has 23 heavy (non-hydrogen) atoms. The third kappa shape index (κ3) is 3.24. The van der Waals surface area contributed by atoms with Gasteiger partial charge in [0.2, 0.25) is 0 Å². The zero-order chi connectivity index (χ0) is 16.4. The second-order valence-electron chi connectivity index (χ2n) is 7.24. The molecule has 0 heterocycles. The van der Waals surface area contributed by atoms with E-state index in [4.69, 9.17) is 5.73 Å². The summed E-state index contributed by atoms with van der Waals surface area (Å²) in [5, 5.41) is 0. The summed E-state index contributed by atoms with van der Waals surface area (Å²) in [5.74, 6) is 0. The van der Waals surface area contributed by atoms with Crippen molar-refractivity contribution in [2.45, 2.75) is 39.0 Å². The minimum absolute atomic E-state index is 0.0882. The Bertz CT molecular complexity index is 759. The molecule has 1 nitrogen and oxygen atoms in total. The fraction of sp³-hybridized carbons (Fsp3) is 0.273. The van der Waals surface area contributed by atoms with Gasteiger partial charge in [0.15, 0.2) is 0 Å². The van der Waals surface area contributed by atoms with Crippen LogP contribution in [0.5, 0.6) is 0 Å². The lowest BCUT2D eigenvalue weighted by Crippen LogP contribution is -2.13. The first-order chi connectivity index (χ1) is 11.0. The van der Waals surface area contributed by atoms with Crippen LogP contribution in [-0.2, 0) is 5.41 Å². The maximum atomic E-state index is 6.58. The van der Waals surface area contributed by atoms with Crippen molar-refractivity contribution in [1.82, 2.24) is 0 Å². The number of anilines is 1. The third-order valence-corrected chi connectivity index (χ3v) is 4.44. The number of hydrogen-bond acceptors (Lipinski definition) is 1. The Kier molecular flexibility index (Phi) is 4.12. The number of nitrogen functional groups attached to an aromatic ring is 1. The van der Waals surface area contributed by atoms with Gasteiger partial charge >= 0.3 is 0 Å². The van der Waals surface area contributed by atoms with Crippen LogP contribution in [0.3, 0.4) is 0 Å². The van der Waals surface area contributed by atoms with Crippen molar-refractivity contribution < 1.29 is 0 Å². The number of hydrogen-bond donors (Lipinski definition) is 1. The van der Waals surface area contributed by atoms with E-state index in [0.29, 0.717) is 0 Å². The molecule has 2 aromatic carbocycles. The summed E-state index contributed by atoms with van der Waals surface area (Å²) < 4.78 is 0. The lowest BCUT2D eigenvalue weighted by molar-refractivity contribution is 0.590. The largest absolute Gasteiger partial charge is 0.398 e. The van der Waals surface area contributed by atoms with Crippen LogP contribution in [0.4, 0.5) is 5.69 Å². The Balaban J connectivity index is 2.24. The van der Waals surface area contributed by atoms with Gasteiger partial charge in [0.05, 0.1) is 0 Å². The third-order valence-electron chi connectivity index (χ3n) is 4.44. The first-order valence-corrected chi connectivity index (χ1v) is 8.33. The number of allylic oxidation sites excluding steroid dienone is 4. The Morgan fingerprint density at radius 2 is 1.61 bits per heavy atom. The second kappa shape index (κ2) is 6.08. The molecule has 1 aliphatic carbocycles. The zero-order valence-corrected chi connectivity index (χ0v) is 14.3. The number of rotatable bonds is 2. The summed E-state index contributed by atoms with van der Waals surface area (Å²) in [7, 11) is 0. The molecule has 0 saturated heterocycles. The smallest absolute Gasteiger partial charge is 0.0473 e. The van der Waals surface area contributed by atoms with Crippen molar-refractivity contribution in [3.05, 3.63) is 71.8 Å². The molecule has 2 aromatic rings. The zero-order valence-electron chi connectivity index (χ0n) is 14.3. The molecule has 2 N–H and O–H groups in total. The van der Waals surface area contributed by atoms with E-state index in [2.05, 4.69) is 75.4 Å². The van der Waals surface area contributed by atoms with Crippen LogP contribution >= 0.6 is 0 Å². The molecule has 0 aliphatic heterocycles. The quantitative estimate of drug-likeness (QED) is 0.680. The van der Waals surface area contributed by atoms with Gasteiger partial charge in [-0.3, -0.25) is 0 Å². The summed E-state index contributed by atoms with van der Waals surface area (Å²) in [6, 6.07) is 15.0. The molecule has 0 radical (unpaired) electrons. The van der Waals surface area contributed by atoms with Gasteiger partial charge in [0.1, 0.15) is 0 Å². The molecule has 1 aliphatic rings. The fourth-order valence-corrected chi connectivity index (χ4v) is 2.99. The fourth-order valence-electron chi connectivity index (χ4n) is 2.99. The Morgan fingerprint density at radius 1 is 0.913 bits per heavy atom. The predicted octanol–water partition coefficient (Wildman–Crippen LogP) is 5.97. The van der Waals surface area contributed by atoms with E-state index in [1.807, 2.05) is 6.07 Å². The molecule has 0 aromatic heterocycles. The summed E-state index contributed by atoms with van der Waals surface area (Å²) in [6.07, 6.45) is 8.95. The Morgan fingerprint density at radius 3 is 2.22 bits per heavy atom. The van der Waals surface area contributed by atoms with Gasteiger partial charge in [-0.05, 0) is 47.1 Å². The topological polar surface area (TPSA) is 26.0 Å². The van der Waals surface area contributed by atoms with Crippen LogP contribution in [0.1, 0.15) is 44.7 Å². The molecule has 0 spiro atoms. The highest BCUT2D eigenvalue weighted by Gasteiger charge is 2.19. The van der Waals surface area contributed by atoms with Crippen molar-refractivity contribution in [2.75, 3.05) is 5.73 Å². The van der Waals surface area contributed by atoms with Gasteiger partial charge in [-0.25, -0.2) is 0 Å². The van der Waals surface area contributed by atoms with Gasteiger partial charge in [0.25, 0.3) is 0 Å². The number of benzene rings is 2. The summed E-state index contributed by atoms with van der Waals surface area (Å²) in [6.45, 7) is 6.76. The van der Waals surface area contributed by atoms with Crippen LogP contribution in [0.25, 0.3) is 16.7 Å². The van der Waals surface area contributed by atoms with Gasteiger partial charge in [0, 0.05) is 16.8 Å². The normalized spacial score (nSPS) is 14.7. The molecule has 0 saturated carbocycles. The van der Waals surface area contributed by atoms with Crippen molar-refractivity contribution in [2.24, 2.45) is 0 Å². The standard InChI is InChI=1S/C22H25N/c1-22(2,3)18-14-19(16-10-6-4-7-11-16)21(23)20(15-18)17-12-8-5-9-13-17/h4,6-8,10-15H,5,9,23H2,1-3H3. The molecule has 1 heteroatoms. The van der Waals surface area contributed by atoms with Crippen LogP contribution in [0.2, 0.25) is 0 Å². The highest BCUT2D eigenvalue weighted by molar-refractivity contribution is 5.90. The van der Waals surface area contributed by atoms with E-state index in [0.717, 1.165) is 29.7 Å². The van der Waals surface area contributed by atoms with Crippen LogP contribution < -0.4 is 5.73 Å². The maximum Gasteiger partial charge on any atom is 0.0473 e. The maximum absolute atomic E-state index is 6.58. The van der Waals surface area contributed by atoms with Gasteiger partial charge < -0.3 is 5.73 Å². The molecule has 0 bridgehead atoms. The lowest BCUT2D eigenvalue weighted by atomic mass is 9.82. The molecule has 0 unspecified atom stereocenters. The lowest BCUT2D eigenvalue weighted by Gasteiger charge is -2.24. The van der Waals surface area contributed by atoms with Crippen molar-refractivity contribution in [3.8, 4) is 11.1 Å². The van der Waals surface area contributed by atoms with E-state index in [1.165, 1.54) is 16.7 Å². The van der Waals surface area contributed by atoms with Crippen LogP contribution in [-0.4, -0.2) is 0 Å². The molecular formula is C22H25N. The second-order valence-corrected chi connectivity index (χ2v) is 7.24. The first-order valence-electron chi connectivity index (χ1n) is 8.33. The predicted molar refractivity (Wildman–Crippen MR) is 101 cm³/mol. The van der Waals surface area contributed by atoms with Gasteiger partial charge in [-0.2, -0.15) is 0 Å². The van der Waals surface area contributed by atoms with E-state index in [1.54, 1.807) is 0 Å². The van der Waals surface area contributed by atoms with Crippen LogP contribution in [0, 0.1) is 0 Å². The van der Waals surface area contributed by atoms with E-state index in [9.17, 15) is 0 Å². The van der Waals surface area contributed by atoms with Crippen molar-refractivity contribution >= 4 is 11.3 Å². The van der Waals surface area contributed by atoms with Crippen molar-refractivity contribution in [3.63, 3.8) is 0 Å². The minimum atomic E-state index is 0.0882. The van der Waals surface area contributed by atoms with Crippen LogP contribution in [0.15, 0.2) is 60.7 Å². The Hall–Kier alpha value is -2.28. The Labute approximate surface area is 139 Å². The average molecular weight is 303 g/mol. The van der Waals surface area contributed by atoms with E-state index in [-0.39, 0.29) is 5.41 Å². The van der Waals surface area contributed by atoms with Gasteiger partial charge in [-0.15, -0.1) is 0 Å². The number of nitrogens with two attached hydrogens (primary N) is 1.